The predicted octanol–water partition coefficient (Wildman–Crippen LogP) is 1.80. The zero-order chi connectivity index (χ0) is 12.3. The average Bonchev–Trinajstić information content (AvgIpc) is 2.39. The number of methoxy groups -OCH3 is 1. The summed E-state index contributed by atoms with van der Waals surface area (Å²) in [6.07, 6.45) is 3.71. The van der Waals surface area contributed by atoms with Crippen LogP contribution in [0.1, 0.15) is 24.4 Å². The molecule has 0 spiro atoms. The van der Waals surface area contributed by atoms with Crippen molar-refractivity contribution >= 4 is 11.8 Å². The van der Waals surface area contributed by atoms with Crippen molar-refractivity contribution in [2.75, 3.05) is 18.6 Å². The van der Waals surface area contributed by atoms with E-state index in [1.54, 1.807) is 16.8 Å². The largest absolute Gasteiger partial charge is 0.495 e. The van der Waals surface area contributed by atoms with Gasteiger partial charge >= 0.3 is 0 Å². The van der Waals surface area contributed by atoms with Crippen LogP contribution in [0.2, 0.25) is 0 Å². The molecule has 2 heterocycles. The lowest BCUT2D eigenvalue weighted by atomic mass is 10.1. The van der Waals surface area contributed by atoms with Gasteiger partial charge in [0.25, 0.3) is 5.56 Å². The zero-order valence-electron chi connectivity index (χ0n) is 9.68. The Hall–Kier alpha value is -1.41. The summed E-state index contributed by atoms with van der Waals surface area (Å²) in [7, 11) is 1.47. The van der Waals surface area contributed by atoms with E-state index in [4.69, 9.17) is 10.00 Å². The van der Waals surface area contributed by atoms with E-state index in [9.17, 15) is 4.79 Å². The van der Waals surface area contributed by atoms with Gasteiger partial charge in [0, 0.05) is 12.2 Å². The maximum absolute atomic E-state index is 12.1. The van der Waals surface area contributed by atoms with Crippen molar-refractivity contribution in [3.05, 3.63) is 28.2 Å². The number of hydrogen-bond donors (Lipinski definition) is 0. The summed E-state index contributed by atoms with van der Waals surface area (Å²) in [5.74, 6) is 2.51. The Balaban J connectivity index is 2.42. The summed E-state index contributed by atoms with van der Waals surface area (Å²) in [4.78, 5) is 12.1. The van der Waals surface area contributed by atoms with Crippen LogP contribution in [-0.2, 0) is 0 Å². The number of ether oxygens (including phenoxy) is 1. The standard InChI is InChI=1S/C12H14N2O2S/c1-16-11-2-5-14(12(15)10(11)8-13)9-3-6-17-7-4-9/h2,5,9H,3-4,6-7H2,1H3. The van der Waals surface area contributed by atoms with Gasteiger partial charge in [-0.25, -0.2) is 0 Å². The smallest absolute Gasteiger partial charge is 0.272 e. The van der Waals surface area contributed by atoms with Gasteiger partial charge in [0.2, 0.25) is 0 Å². The monoisotopic (exact) mass is 250 g/mol. The van der Waals surface area contributed by atoms with Crippen molar-refractivity contribution in [2.24, 2.45) is 0 Å². The van der Waals surface area contributed by atoms with Gasteiger partial charge in [-0.3, -0.25) is 4.79 Å². The van der Waals surface area contributed by atoms with Crippen LogP contribution in [0.3, 0.4) is 0 Å². The second-order valence-electron chi connectivity index (χ2n) is 3.93. The summed E-state index contributed by atoms with van der Waals surface area (Å²) in [6.45, 7) is 0. The molecule has 0 radical (unpaired) electrons. The van der Waals surface area contributed by atoms with Crippen LogP contribution in [0.5, 0.6) is 5.75 Å². The molecule has 0 unspecified atom stereocenters. The Kier molecular flexibility index (Phi) is 3.75. The second kappa shape index (κ2) is 5.28. The van der Waals surface area contributed by atoms with Crippen molar-refractivity contribution in [1.29, 1.82) is 5.26 Å². The van der Waals surface area contributed by atoms with E-state index < -0.39 is 0 Å². The van der Waals surface area contributed by atoms with Crippen LogP contribution in [0.4, 0.5) is 0 Å². The number of nitrogens with zero attached hydrogens (tertiary/aromatic N) is 2. The van der Waals surface area contributed by atoms with E-state index in [0.29, 0.717) is 5.75 Å². The van der Waals surface area contributed by atoms with E-state index in [1.807, 2.05) is 17.8 Å². The molecule has 1 aliphatic heterocycles. The van der Waals surface area contributed by atoms with Gasteiger partial charge < -0.3 is 9.30 Å². The third-order valence-corrected chi connectivity index (χ3v) is 4.05. The van der Waals surface area contributed by atoms with Crippen LogP contribution in [0.15, 0.2) is 17.1 Å². The average molecular weight is 250 g/mol. The van der Waals surface area contributed by atoms with Gasteiger partial charge in [0.15, 0.2) is 5.56 Å². The highest BCUT2D eigenvalue weighted by Gasteiger charge is 2.19. The number of nitriles is 1. The number of thioether (sulfide) groups is 1. The molecule has 1 aromatic heterocycles. The molecular weight excluding hydrogens is 236 g/mol. The molecular formula is C12H14N2O2S. The molecule has 1 aliphatic rings. The molecule has 0 atom stereocenters. The van der Waals surface area contributed by atoms with Crippen molar-refractivity contribution in [3.8, 4) is 11.8 Å². The first kappa shape index (κ1) is 12.1. The van der Waals surface area contributed by atoms with Gasteiger partial charge in [-0.15, -0.1) is 0 Å². The Labute approximate surface area is 104 Å². The normalized spacial score (nSPS) is 16.5. The van der Waals surface area contributed by atoms with E-state index in [0.717, 1.165) is 24.3 Å². The Morgan fingerprint density at radius 2 is 2.24 bits per heavy atom. The van der Waals surface area contributed by atoms with Gasteiger partial charge in [0.05, 0.1) is 7.11 Å². The predicted molar refractivity (Wildman–Crippen MR) is 67.6 cm³/mol. The topological polar surface area (TPSA) is 55.0 Å². The fraction of sp³-hybridized carbons (Fsp3) is 0.500. The molecule has 1 fully saturated rings. The molecule has 0 aliphatic carbocycles. The first-order valence-corrected chi connectivity index (χ1v) is 6.70. The lowest BCUT2D eigenvalue weighted by Crippen LogP contribution is -2.28. The van der Waals surface area contributed by atoms with Crippen molar-refractivity contribution in [3.63, 3.8) is 0 Å². The van der Waals surface area contributed by atoms with E-state index in [-0.39, 0.29) is 17.2 Å². The molecule has 1 aromatic rings. The lowest BCUT2D eigenvalue weighted by molar-refractivity contribution is 0.404. The van der Waals surface area contributed by atoms with Gasteiger partial charge in [-0.05, 0) is 30.4 Å². The summed E-state index contributed by atoms with van der Waals surface area (Å²) in [5, 5.41) is 9.01. The Bertz CT molecular complexity index is 498. The van der Waals surface area contributed by atoms with Crippen molar-refractivity contribution in [2.45, 2.75) is 18.9 Å². The number of hydrogen-bond acceptors (Lipinski definition) is 4. The fourth-order valence-corrected chi connectivity index (χ4v) is 3.14. The fourth-order valence-electron chi connectivity index (χ4n) is 2.06. The molecule has 4 nitrogen and oxygen atoms in total. The molecule has 1 saturated heterocycles. The summed E-state index contributed by atoms with van der Waals surface area (Å²) in [6, 6.07) is 3.85. The third-order valence-electron chi connectivity index (χ3n) is 3.00. The molecule has 0 N–H and O–H groups in total. The SMILES string of the molecule is COc1ccn(C2CCSCC2)c(=O)c1C#N. The van der Waals surface area contributed by atoms with Crippen LogP contribution in [0.25, 0.3) is 0 Å². The molecule has 0 bridgehead atoms. The van der Waals surface area contributed by atoms with Crippen molar-refractivity contribution < 1.29 is 4.74 Å². The molecule has 0 amide bonds. The maximum Gasteiger partial charge on any atom is 0.272 e. The number of aromatic nitrogens is 1. The Morgan fingerprint density at radius 1 is 1.53 bits per heavy atom. The van der Waals surface area contributed by atoms with E-state index in [1.165, 1.54) is 7.11 Å². The Morgan fingerprint density at radius 3 is 2.82 bits per heavy atom. The van der Waals surface area contributed by atoms with Crippen LogP contribution < -0.4 is 10.3 Å². The molecule has 17 heavy (non-hydrogen) atoms. The first-order chi connectivity index (χ1) is 8.27. The minimum absolute atomic E-state index is 0.105. The maximum atomic E-state index is 12.1. The third kappa shape index (κ3) is 2.32. The van der Waals surface area contributed by atoms with Gasteiger partial charge in [-0.1, -0.05) is 0 Å². The van der Waals surface area contributed by atoms with Gasteiger partial charge in [-0.2, -0.15) is 17.0 Å². The molecule has 0 saturated carbocycles. The molecule has 2 rings (SSSR count). The highest BCUT2D eigenvalue weighted by atomic mass is 32.2. The van der Waals surface area contributed by atoms with Gasteiger partial charge in [0.1, 0.15) is 11.8 Å². The van der Waals surface area contributed by atoms with E-state index >= 15 is 0 Å². The zero-order valence-corrected chi connectivity index (χ0v) is 10.5. The number of pyridine rings is 1. The quantitative estimate of drug-likeness (QED) is 0.803. The van der Waals surface area contributed by atoms with Crippen molar-refractivity contribution in [1.82, 2.24) is 4.57 Å². The molecule has 5 heteroatoms. The summed E-state index contributed by atoms with van der Waals surface area (Å²) >= 11 is 1.91. The summed E-state index contributed by atoms with van der Waals surface area (Å²) < 4.78 is 6.70. The highest BCUT2D eigenvalue weighted by molar-refractivity contribution is 7.99. The second-order valence-corrected chi connectivity index (χ2v) is 5.15. The van der Waals surface area contributed by atoms with Crippen LogP contribution in [-0.4, -0.2) is 23.2 Å². The van der Waals surface area contributed by atoms with E-state index in [2.05, 4.69) is 0 Å². The minimum atomic E-state index is -0.233. The van der Waals surface area contributed by atoms with Crippen LogP contribution in [0, 0.1) is 11.3 Å². The summed E-state index contributed by atoms with van der Waals surface area (Å²) in [5.41, 5.74) is -0.128. The minimum Gasteiger partial charge on any atom is -0.495 e. The van der Waals surface area contributed by atoms with Crippen LogP contribution >= 0.6 is 11.8 Å². The first-order valence-electron chi connectivity index (χ1n) is 5.55. The molecule has 90 valence electrons. The number of rotatable bonds is 2. The molecule has 0 aromatic carbocycles. The lowest BCUT2D eigenvalue weighted by Gasteiger charge is -2.24. The highest BCUT2D eigenvalue weighted by Crippen LogP contribution is 2.26.